The van der Waals surface area contributed by atoms with E-state index in [2.05, 4.69) is 20.9 Å². The number of hydrogen-bond acceptors (Lipinski definition) is 3. The number of urea groups is 1. The standard InChI is InChI=1S/C17H29N5O2.HI/c1-18-16(19-8-9-22-15(23)11-20-17(22)24)21-14-7-6-12-4-2-3-5-13(12)10-14;/h12-14H,2-11H2,1H3,(H,20,24)(H2,18,19,21);1H. The van der Waals surface area contributed by atoms with E-state index in [0.29, 0.717) is 19.1 Å². The smallest absolute Gasteiger partial charge is 0.324 e. The van der Waals surface area contributed by atoms with Crippen molar-refractivity contribution in [2.45, 2.75) is 51.0 Å². The number of guanidine groups is 1. The van der Waals surface area contributed by atoms with Crippen LogP contribution in [0.25, 0.3) is 0 Å². The van der Waals surface area contributed by atoms with Gasteiger partial charge in [-0.3, -0.25) is 14.7 Å². The molecule has 8 heteroatoms. The van der Waals surface area contributed by atoms with Gasteiger partial charge in [-0.05, 0) is 31.1 Å². The minimum absolute atomic E-state index is 0. The van der Waals surface area contributed by atoms with Crippen molar-refractivity contribution in [2.75, 3.05) is 26.7 Å². The summed E-state index contributed by atoms with van der Waals surface area (Å²) in [5.41, 5.74) is 0. The van der Waals surface area contributed by atoms with Gasteiger partial charge >= 0.3 is 6.03 Å². The van der Waals surface area contributed by atoms with Crippen LogP contribution in [-0.4, -0.2) is 55.5 Å². The maximum atomic E-state index is 11.5. The van der Waals surface area contributed by atoms with E-state index in [1.807, 2.05) is 0 Å². The van der Waals surface area contributed by atoms with Crippen LogP contribution in [0.5, 0.6) is 0 Å². The zero-order valence-electron chi connectivity index (χ0n) is 14.9. The largest absolute Gasteiger partial charge is 0.355 e. The number of halogens is 1. The highest BCUT2D eigenvalue weighted by molar-refractivity contribution is 14.0. The average Bonchev–Trinajstić information content (AvgIpc) is 2.92. The van der Waals surface area contributed by atoms with Crippen LogP contribution < -0.4 is 16.0 Å². The Hall–Kier alpha value is -1.06. The van der Waals surface area contributed by atoms with Crippen LogP contribution in [0.4, 0.5) is 4.79 Å². The first kappa shape index (κ1) is 20.3. The normalized spacial score (nSPS) is 29.6. The molecule has 0 radical (unpaired) electrons. The lowest BCUT2D eigenvalue weighted by Gasteiger charge is -2.39. The van der Waals surface area contributed by atoms with E-state index >= 15 is 0 Å². The van der Waals surface area contributed by atoms with Crippen LogP contribution in [0.15, 0.2) is 4.99 Å². The third-order valence-corrected chi connectivity index (χ3v) is 5.67. The molecule has 1 saturated heterocycles. The molecule has 3 rings (SSSR count). The molecular weight excluding hydrogens is 433 g/mol. The summed E-state index contributed by atoms with van der Waals surface area (Å²) < 4.78 is 0. The maximum Gasteiger partial charge on any atom is 0.324 e. The van der Waals surface area contributed by atoms with Crippen LogP contribution in [0, 0.1) is 11.8 Å². The van der Waals surface area contributed by atoms with E-state index in [1.54, 1.807) is 7.05 Å². The fraction of sp³-hybridized carbons (Fsp3) is 0.824. The fourth-order valence-corrected chi connectivity index (χ4v) is 4.36. The van der Waals surface area contributed by atoms with Gasteiger partial charge in [0, 0.05) is 26.2 Å². The predicted octanol–water partition coefficient (Wildman–Crippen LogP) is 1.68. The van der Waals surface area contributed by atoms with E-state index in [-0.39, 0.29) is 42.5 Å². The topological polar surface area (TPSA) is 85.8 Å². The van der Waals surface area contributed by atoms with Gasteiger partial charge in [-0.1, -0.05) is 25.7 Å². The highest BCUT2D eigenvalue weighted by Gasteiger charge is 2.32. The molecule has 2 saturated carbocycles. The van der Waals surface area contributed by atoms with Crippen molar-refractivity contribution in [1.82, 2.24) is 20.9 Å². The number of carbonyl (C=O) groups is 2. The second kappa shape index (κ2) is 9.59. The molecule has 0 spiro atoms. The van der Waals surface area contributed by atoms with Crippen LogP contribution in [0.2, 0.25) is 0 Å². The lowest BCUT2D eigenvalue weighted by molar-refractivity contribution is -0.124. The first-order chi connectivity index (χ1) is 11.7. The Bertz CT molecular complexity index is 497. The SMILES string of the molecule is CN=C(NCCN1C(=O)CNC1=O)NC1CCC2CCCCC2C1.I. The number of amides is 3. The first-order valence-electron chi connectivity index (χ1n) is 9.22. The molecule has 3 aliphatic rings. The Morgan fingerprint density at radius 3 is 2.64 bits per heavy atom. The Labute approximate surface area is 166 Å². The van der Waals surface area contributed by atoms with Crippen molar-refractivity contribution in [3.8, 4) is 0 Å². The highest BCUT2D eigenvalue weighted by Crippen LogP contribution is 2.40. The molecule has 0 aromatic rings. The predicted molar refractivity (Wildman–Crippen MR) is 108 cm³/mol. The summed E-state index contributed by atoms with van der Waals surface area (Å²) in [6.45, 7) is 0.981. The molecule has 3 fully saturated rings. The van der Waals surface area contributed by atoms with Crippen LogP contribution >= 0.6 is 24.0 Å². The fourth-order valence-electron chi connectivity index (χ4n) is 4.36. The number of hydrogen-bond donors (Lipinski definition) is 3. The highest BCUT2D eigenvalue weighted by atomic mass is 127. The van der Waals surface area contributed by atoms with Gasteiger partial charge in [0.05, 0.1) is 6.54 Å². The summed E-state index contributed by atoms with van der Waals surface area (Å²) in [5, 5.41) is 9.27. The van der Waals surface area contributed by atoms with Gasteiger partial charge in [-0.2, -0.15) is 0 Å². The van der Waals surface area contributed by atoms with E-state index < -0.39 is 0 Å². The molecule has 142 valence electrons. The molecule has 1 heterocycles. The first-order valence-corrected chi connectivity index (χ1v) is 9.22. The zero-order valence-corrected chi connectivity index (χ0v) is 17.3. The second-order valence-electron chi connectivity index (χ2n) is 7.16. The average molecular weight is 463 g/mol. The van der Waals surface area contributed by atoms with Crippen molar-refractivity contribution in [3.05, 3.63) is 0 Å². The molecule has 0 aromatic carbocycles. The number of imide groups is 1. The summed E-state index contributed by atoms with van der Waals surface area (Å²) >= 11 is 0. The summed E-state index contributed by atoms with van der Waals surface area (Å²) in [7, 11) is 1.76. The van der Waals surface area contributed by atoms with Crippen LogP contribution in [-0.2, 0) is 4.79 Å². The Kier molecular flexibility index (Phi) is 7.77. The minimum Gasteiger partial charge on any atom is -0.355 e. The number of rotatable bonds is 4. The van der Waals surface area contributed by atoms with E-state index in [9.17, 15) is 9.59 Å². The Morgan fingerprint density at radius 1 is 1.20 bits per heavy atom. The van der Waals surface area contributed by atoms with E-state index in [1.165, 1.54) is 49.8 Å². The number of carbonyl (C=O) groups excluding carboxylic acids is 2. The van der Waals surface area contributed by atoms with Crippen molar-refractivity contribution in [2.24, 2.45) is 16.8 Å². The monoisotopic (exact) mass is 463 g/mol. The summed E-state index contributed by atoms with van der Waals surface area (Å²) in [4.78, 5) is 28.6. The Morgan fingerprint density at radius 2 is 1.96 bits per heavy atom. The van der Waals surface area contributed by atoms with Gasteiger partial charge < -0.3 is 16.0 Å². The number of aliphatic imine (C=N–C) groups is 1. The maximum absolute atomic E-state index is 11.5. The molecule has 0 aromatic heterocycles. The van der Waals surface area contributed by atoms with Gasteiger partial charge in [0.1, 0.15) is 0 Å². The Balaban J connectivity index is 0.00000225. The summed E-state index contributed by atoms with van der Waals surface area (Å²) in [6, 6.07) is 0.174. The number of nitrogens with one attached hydrogen (secondary N) is 3. The lowest BCUT2D eigenvalue weighted by Crippen LogP contribution is -2.48. The van der Waals surface area contributed by atoms with Crippen LogP contribution in [0.3, 0.4) is 0 Å². The molecule has 3 amide bonds. The summed E-state index contributed by atoms with van der Waals surface area (Å²) in [6.07, 6.45) is 9.34. The molecule has 3 N–H and O–H groups in total. The molecule has 3 unspecified atom stereocenters. The minimum atomic E-state index is -0.305. The van der Waals surface area contributed by atoms with Gasteiger partial charge in [0.25, 0.3) is 0 Å². The third-order valence-electron chi connectivity index (χ3n) is 5.67. The van der Waals surface area contributed by atoms with Crippen LogP contribution in [0.1, 0.15) is 44.9 Å². The van der Waals surface area contributed by atoms with Crippen molar-refractivity contribution in [1.29, 1.82) is 0 Å². The van der Waals surface area contributed by atoms with Gasteiger partial charge in [-0.25, -0.2) is 4.79 Å². The third kappa shape index (κ3) is 5.21. The van der Waals surface area contributed by atoms with E-state index in [4.69, 9.17) is 0 Å². The quantitative estimate of drug-likeness (QED) is 0.256. The molecule has 1 aliphatic heterocycles. The molecule has 2 aliphatic carbocycles. The molecule has 3 atom stereocenters. The lowest BCUT2D eigenvalue weighted by atomic mass is 9.69. The van der Waals surface area contributed by atoms with Crippen molar-refractivity contribution in [3.63, 3.8) is 0 Å². The molecular formula is C17H30IN5O2. The van der Waals surface area contributed by atoms with Gasteiger partial charge in [-0.15, -0.1) is 24.0 Å². The second-order valence-corrected chi connectivity index (χ2v) is 7.16. The summed E-state index contributed by atoms with van der Waals surface area (Å²) in [5.74, 6) is 2.40. The van der Waals surface area contributed by atoms with Gasteiger partial charge in [0.15, 0.2) is 5.96 Å². The van der Waals surface area contributed by atoms with Gasteiger partial charge in [0.2, 0.25) is 5.91 Å². The molecule has 7 nitrogen and oxygen atoms in total. The number of fused-ring (bicyclic) bond motifs is 1. The molecule has 25 heavy (non-hydrogen) atoms. The van der Waals surface area contributed by atoms with Crippen molar-refractivity contribution >= 4 is 41.9 Å². The van der Waals surface area contributed by atoms with E-state index in [0.717, 1.165) is 17.8 Å². The van der Waals surface area contributed by atoms with Crippen molar-refractivity contribution < 1.29 is 9.59 Å². The molecule has 0 bridgehead atoms. The zero-order chi connectivity index (χ0) is 16.9. The number of nitrogens with zero attached hydrogens (tertiary/aromatic N) is 2.